The maximum absolute atomic E-state index is 12.6. The van der Waals surface area contributed by atoms with Crippen LogP contribution < -0.4 is 10.9 Å². The standard InChI is InChI=1S/C22H18N6O5/c1-2-15-12-21(30)25-22(23-15)27-19(13-17(26-27)18-4-3-11-33-18)24-20(29)10-7-14-5-8-16(9-6-14)28(31)32/h3-13H,2H2,1H3,(H,24,29)(H,23,25,30)/b10-7-. The summed E-state index contributed by atoms with van der Waals surface area (Å²) < 4.78 is 6.70. The Bertz CT molecular complexity index is 1380. The number of furan rings is 1. The van der Waals surface area contributed by atoms with E-state index in [4.69, 9.17) is 4.42 Å². The molecule has 166 valence electrons. The van der Waals surface area contributed by atoms with Crippen LogP contribution in [0.1, 0.15) is 18.2 Å². The summed E-state index contributed by atoms with van der Waals surface area (Å²) in [5, 5.41) is 17.9. The normalized spacial score (nSPS) is 11.1. The molecule has 0 spiro atoms. The molecule has 0 unspecified atom stereocenters. The number of nitrogens with zero attached hydrogens (tertiary/aromatic N) is 4. The SMILES string of the molecule is CCc1cc(=O)[nH]c(-n2nc(-c3ccco3)cc2NC(=O)/C=C\c2ccc([N+](=O)[O-])cc2)n1. The molecular weight excluding hydrogens is 428 g/mol. The fourth-order valence-electron chi connectivity index (χ4n) is 3.00. The molecule has 0 aliphatic heterocycles. The highest BCUT2D eigenvalue weighted by Gasteiger charge is 2.16. The van der Waals surface area contributed by atoms with Gasteiger partial charge in [-0.2, -0.15) is 9.78 Å². The van der Waals surface area contributed by atoms with E-state index in [-0.39, 0.29) is 23.0 Å². The lowest BCUT2D eigenvalue weighted by Crippen LogP contribution is -2.18. The Labute approximate surface area is 186 Å². The number of H-pyrrole nitrogens is 1. The molecule has 2 N–H and O–H groups in total. The van der Waals surface area contributed by atoms with Gasteiger partial charge in [-0.15, -0.1) is 0 Å². The largest absolute Gasteiger partial charge is 0.463 e. The van der Waals surface area contributed by atoms with Gasteiger partial charge in [-0.25, -0.2) is 4.98 Å². The third-order valence-electron chi connectivity index (χ3n) is 4.61. The van der Waals surface area contributed by atoms with Crippen molar-refractivity contribution in [2.24, 2.45) is 0 Å². The van der Waals surface area contributed by atoms with Crippen molar-refractivity contribution in [2.75, 3.05) is 5.32 Å². The van der Waals surface area contributed by atoms with Crippen molar-refractivity contribution in [3.63, 3.8) is 0 Å². The van der Waals surface area contributed by atoms with Crippen LogP contribution in [0.2, 0.25) is 0 Å². The molecule has 0 fully saturated rings. The van der Waals surface area contributed by atoms with E-state index in [1.165, 1.54) is 53.4 Å². The molecule has 3 heterocycles. The summed E-state index contributed by atoms with van der Waals surface area (Å²) in [5.74, 6) is 0.400. The number of aryl methyl sites for hydroxylation is 1. The number of amides is 1. The number of benzene rings is 1. The van der Waals surface area contributed by atoms with Crippen LogP contribution in [-0.2, 0) is 11.2 Å². The van der Waals surface area contributed by atoms with Gasteiger partial charge in [0.05, 0.1) is 11.2 Å². The molecule has 4 rings (SSSR count). The van der Waals surface area contributed by atoms with Crippen LogP contribution in [-0.4, -0.2) is 30.6 Å². The van der Waals surface area contributed by atoms with Crippen LogP contribution in [0, 0.1) is 10.1 Å². The maximum Gasteiger partial charge on any atom is 0.269 e. The average molecular weight is 446 g/mol. The van der Waals surface area contributed by atoms with Gasteiger partial charge in [0.15, 0.2) is 5.76 Å². The number of aromatic amines is 1. The molecule has 0 bridgehead atoms. The number of carbonyl (C=O) groups is 1. The van der Waals surface area contributed by atoms with Gasteiger partial charge >= 0.3 is 0 Å². The van der Waals surface area contributed by atoms with Gasteiger partial charge in [0.25, 0.3) is 11.2 Å². The van der Waals surface area contributed by atoms with E-state index in [0.717, 1.165) is 0 Å². The first-order chi connectivity index (χ1) is 15.9. The Morgan fingerprint density at radius 1 is 1.27 bits per heavy atom. The van der Waals surface area contributed by atoms with Crippen LogP contribution in [0.25, 0.3) is 23.5 Å². The number of aromatic nitrogens is 4. The smallest absolute Gasteiger partial charge is 0.269 e. The monoisotopic (exact) mass is 446 g/mol. The molecule has 0 aliphatic rings. The Balaban J connectivity index is 1.63. The van der Waals surface area contributed by atoms with E-state index in [1.54, 1.807) is 18.2 Å². The number of nitro benzene ring substituents is 1. The number of non-ortho nitro benzene ring substituents is 1. The van der Waals surface area contributed by atoms with Crippen LogP contribution >= 0.6 is 0 Å². The minimum absolute atomic E-state index is 0.0400. The van der Waals surface area contributed by atoms with Gasteiger partial charge in [0.2, 0.25) is 11.9 Å². The molecule has 0 saturated carbocycles. The van der Waals surface area contributed by atoms with E-state index in [1.807, 2.05) is 6.92 Å². The summed E-state index contributed by atoms with van der Waals surface area (Å²) in [6.07, 6.45) is 4.84. The van der Waals surface area contributed by atoms with Gasteiger partial charge in [0, 0.05) is 36.0 Å². The Morgan fingerprint density at radius 2 is 2.06 bits per heavy atom. The molecule has 1 amide bonds. The zero-order valence-corrected chi connectivity index (χ0v) is 17.4. The zero-order valence-electron chi connectivity index (χ0n) is 17.4. The average Bonchev–Trinajstić information content (AvgIpc) is 3.47. The highest BCUT2D eigenvalue weighted by atomic mass is 16.6. The molecule has 0 radical (unpaired) electrons. The number of nitro groups is 1. The molecule has 0 aliphatic carbocycles. The second kappa shape index (κ2) is 9.14. The maximum atomic E-state index is 12.6. The predicted molar refractivity (Wildman–Crippen MR) is 120 cm³/mol. The van der Waals surface area contributed by atoms with Crippen LogP contribution in [0.15, 0.2) is 70.1 Å². The Kier molecular flexibility index (Phi) is 5.94. The van der Waals surface area contributed by atoms with Gasteiger partial charge in [0.1, 0.15) is 11.5 Å². The predicted octanol–water partition coefficient (Wildman–Crippen LogP) is 3.34. The molecule has 11 nitrogen and oxygen atoms in total. The first-order valence-corrected chi connectivity index (χ1v) is 9.91. The number of nitrogens with one attached hydrogen (secondary N) is 2. The minimum Gasteiger partial charge on any atom is -0.463 e. The van der Waals surface area contributed by atoms with E-state index < -0.39 is 10.8 Å². The summed E-state index contributed by atoms with van der Waals surface area (Å²) in [7, 11) is 0. The zero-order chi connectivity index (χ0) is 23.4. The van der Waals surface area contributed by atoms with Gasteiger partial charge in [-0.3, -0.25) is 24.7 Å². The van der Waals surface area contributed by atoms with Crippen LogP contribution in [0.5, 0.6) is 0 Å². The third kappa shape index (κ3) is 4.93. The van der Waals surface area contributed by atoms with Crippen molar-refractivity contribution in [2.45, 2.75) is 13.3 Å². The lowest BCUT2D eigenvalue weighted by Gasteiger charge is -2.07. The number of carbonyl (C=O) groups excluding carboxylic acids is 1. The van der Waals surface area contributed by atoms with E-state index >= 15 is 0 Å². The molecule has 0 saturated heterocycles. The molecule has 1 aromatic carbocycles. The summed E-state index contributed by atoms with van der Waals surface area (Å²) >= 11 is 0. The first kappa shape index (κ1) is 21.4. The van der Waals surface area contributed by atoms with E-state index in [9.17, 15) is 19.7 Å². The van der Waals surface area contributed by atoms with Crippen LogP contribution in [0.3, 0.4) is 0 Å². The van der Waals surface area contributed by atoms with Crippen molar-refractivity contribution >= 4 is 23.5 Å². The molecule has 3 aromatic heterocycles. The van der Waals surface area contributed by atoms with E-state index in [0.29, 0.717) is 29.1 Å². The first-order valence-electron chi connectivity index (χ1n) is 9.91. The van der Waals surface area contributed by atoms with Gasteiger partial charge < -0.3 is 9.73 Å². The fourth-order valence-corrected chi connectivity index (χ4v) is 3.00. The lowest BCUT2D eigenvalue weighted by molar-refractivity contribution is -0.384. The molecule has 4 aromatic rings. The highest BCUT2D eigenvalue weighted by molar-refractivity contribution is 6.01. The fraction of sp³-hybridized carbons (Fsp3) is 0.0909. The summed E-state index contributed by atoms with van der Waals surface area (Å²) in [6.45, 7) is 1.87. The van der Waals surface area contributed by atoms with E-state index in [2.05, 4.69) is 20.4 Å². The van der Waals surface area contributed by atoms with Crippen LogP contribution in [0.4, 0.5) is 11.5 Å². The number of rotatable bonds is 7. The highest BCUT2D eigenvalue weighted by Crippen LogP contribution is 2.24. The van der Waals surface area contributed by atoms with Gasteiger partial charge in [-0.05, 0) is 42.3 Å². The van der Waals surface area contributed by atoms with Crippen molar-refractivity contribution in [3.8, 4) is 17.4 Å². The quantitative estimate of drug-likeness (QED) is 0.251. The number of hydrogen-bond donors (Lipinski definition) is 2. The van der Waals surface area contributed by atoms with Gasteiger partial charge in [-0.1, -0.05) is 6.92 Å². The number of anilines is 1. The second-order valence-corrected chi connectivity index (χ2v) is 6.89. The molecule has 0 atom stereocenters. The van der Waals surface area contributed by atoms with Crippen molar-refractivity contribution < 1.29 is 14.1 Å². The summed E-state index contributed by atoms with van der Waals surface area (Å²) in [5.41, 5.74) is 1.23. The lowest BCUT2D eigenvalue weighted by atomic mass is 10.2. The molecular formula is C22H18N6O5. The van der Waals surface area contributed by atoms with Crippen molar-refractivity contribution in [1.82, 2.24) is 19.7 Å². The topological polar surface area (TPSA) is 149 Å². The molecule has 11 heteroatoms. The van der Waals surface area contributed by atoms with Crippen molar-refractivity contribution in [1.29, 1.82) is 0 Å². The second-order valence-electron chi connectivity index (χ2n) is 6.89. The number of hydrogen-bond acceptors (Lipinski definition) is 7. The molecule has 33 heavy (non-hydrogen) atoms. The van der Waals surface area contributed by atoms with Crippen molar-refractivity contribution in [3.05, 3.63) is 92.6 Å². The Hall–Kier alpha value is -4.80. The summed E-state index contributed by atoms with van der Waals surface area (Å²) in [4.78, 5) is 41.9. The minimum atomic E-state index is -0.496. The summed E-state index contributed by atoms with van der Waals surface area (Å²) in [6, 6.07) is 12.2. The Morgan fingerprint density at radius 3 is 2.73 bits per heavy atom. The third-order valence-corrected chi connectivity index (χ3v) is 4.61.